The number of allylic oxidation sites excluding steroid dienone is 3. The minimum atomic E-state index is 0.105. The third kappa shape index (κ3) is 4.94. The third-order valence-corrected chi connectivity index (χ3v) is 10.9. The summed E-state index contributed by atoms with van der Waals surface area (Å²) in [4.78, 5) is 9.93. The molecule has 6 aromatic rings. The van der Waals surface area contributed by atoms with Gasteiger partial charge in [0.15, 0.2) is 0 Å². The second-order valence-electron chi connectivity index (χ2n) is 13.9. The van der Waals surface area contributed by atoms with Gasteiger partial charge >= 0.3 is 0 Å². The second kappa shape index (κ2) is 11.9. The van der Waals surface area contributed by atoms with Crippen LogP contribution in [0.3, 0.4) is 0 Å². The number of fused-ring (bicyclic) bond motifs is 5. The molecule has 0 saturated heterocycles. The van der Waals surface area contributed by atoms with Crippen molar-refractivity contribution >= 4 is 62.5 Å². The molecule has 3 atom stereocenters. The molecule has 0 amide bonds. The first-order valence-electron chi connectivity index (χ1n) is 17.9. The van der Waals surface area contributed by atoms with Crippen molar-refractivity contribution in [2.45, 2.75) is 31.3 Å². The normalized spacial score (nSPS) is 20.6. The molecule has 4 aliphatic rings. The van der Waals surface area contributed by atoms with Crippen molar-refractivity contribution in [1.29, 1.82) is 0 Å². The third-order valence-electron chi connectivity index (χ3n) is 10.9. The summed E-state index contributed by atoms with van der Waals surface area (Å²) in [7, 11) is 0. The zero-order chi connectivity index (χ0) is 33.0. The highest BCUT2D eigenvalue weighted by Crippen LogP contribution is 2.37. The van der Waals surface area contributed by atoms with E-state index in [1.54, 1.807) is 0 Å². The summed E-state index contributed by atoms with van der Waals surface area (Å²) in [6.07, 6.45) is 25.4. The van der Waals surface area contributed by atoms with Gasteiger partial charge in [-0.05, 0) is 119 Å². The van der Waals surface area contributed by atoms with Gasteiger partial charge in [-0.25, -0.2) is 0 Å². The Morgan fingerprint density at radius 1 is 0.520 bits per heavy atom. The summed E-state index contributed by atoms with van der Waals surface area (Å²) in [5.74, 6) is 0.325. The van der Waals surface area contributed by atoms with Crippen LogP contribution < -0.4 is 10.4 Å². The van der Waals surface area contributed by atoms with Crippen LogP contribution in [0.25, 0.3) is 72.3 Å². The summed E-state index contributed by atoms with van der Waals surface area (Å²) in [5.41, 5.74) is 8.78. The molecule has 6 aromatic carbocycles. The first-order chi connectivity index (χ1) is 24.8. The quantitative estimate of drug-likeness (QED) is 0.183. The van der Waals surface area contributed by atoms with E-state index in [0.717, 1.165) is 19.3 Å². The Balaban J connectivity index is 1.15. The van der Waals surface area contributed by atoms with E-state index < -0.39 is 0 Å². The van der Waals surface area contributed by atoms with E-state index in [0.29, 0.717) is 5.92 Å². The lowest BCUT2D eigenvalue weighted by Gasteiger charge is -2.25. The van der Waals surface area contributed by atoms with Gasteiger partial charge in [-0.2, -0.15) is 0 Å². The van der Waals surface area contributed by atoms with Gasteiger partial charge in [0.25, 0.3) is 0 Å². The Labute approximate surface area is 292 Å². The minimum Gasteiger partial charge on any atom is -0.284 e. The van der Waals surface area contributed by atoms with Crippen LogP contribution >= 0.6 is 0 Å². The molecule has 0 saturated carbocycles. The number of nitrogens with zero attached hydrogens (tertiary/aromatic N) is 2. The van der Waals surface area contributed by atoms with Crippen LogP contribution in [-0.4, -0.2) is 24.5 Å². The van der Waals surface area contributed by atoms with Crippen molar-refractivity contribution in [3.05, 3.63) is 161 Å². The van der Waals surface area contributed by atoms with Crippen molar-refractivity contribution in [2.24, 2.45) is 15.9 Å². The van der Waals surface area contributed by atoms with Crippen LogP contribution in [0.4, 0.5) is 0 Å². The first-order valence-corrected chi connectivity index (χ1v) is 17.9. The van der Waals surface area contributed by atoms with E-state index in [4.69, 9.17) is 9.98 Å². The highest BCUT2D eigenvalue weighted by molar-refractivity contribution is 6.14. The molecule has 0 spiro atoms. The van der Waals surface area contributed by atoms with Crippen molar-refractivity contribution in [3.8, 4) is 22.3 Å². The van der Waals surface area contributed by atoms with Crippen LogP contribution in [0.15, 0.2) is 155 Å². The Kier molecular flexibility index (Phi) is 6.94. The fourth-order valence-corrected chi connectivity index (χ4v) is 8.39. The minimum absolute atomic E-state index is 0.105. The molecular weight excluding hydrogens is 605 g/mol. The lowest BCUT2D eigenvalue weighted by molar-refractivity contribution is 0.663. The number of benzene rings is 6. The molecule has 238 valence electrons. The molecule has 0 fully saturated rings. The van der Waals surface area contributed by atoms with Gasteiger partial charge in [0, 0.05) is 18.3 Å². The molecule has 10 rings (SSSR count). The number of dihydropyridines is 2. The average Bonchev–Trinajstić information content (AvgIpc) is 3.19. The standard InChI is InChI=1S/C48H36N2/c1-3-11-33-25-37(19-17-31(33)9-1)47-41-14-6-7-15-42(41)48(38-20-18-32-10-2-4-12-34(32)26-38)44-28-35(21-23-43(44)47)39-22-24-46(49-29-39)40-27-36-13-5-8-16-45(36)50-30-40/h1-5,8-23,25-30,36,45-46H,6-7,24H2. The van der Waals surface area contributed by atoms with Gasteiger partial charge in [-0.3, -0.25) is 9.98 Å². The molecule has 3 unspecified atom stereocenters. The monoisotopic (exact) mass is 640 g/mol. The van der Waals surface area contributed by atoms with Gasteiger partial charge in [-0.15, -0.1) is 0 Å². The Bertz CT molecular complexity index is 2700. The van der Waals surface area contributed by atoms with Gasteiger partial charge < -0.3 is 0 Å². The molecule has 0 radical (unpaired) electrons. The molecule has 50 heavy (non-hydrogen) atoms. The van der Waals surface area contributed by atoms with Crippen molar-refractivity contribution in [1.82, 2.24) is 0 Å². The SMILES string of the molecule is C1=CC2C=C(C3CC=C(c4ccc5c(-c6ccc7ccccc7c6)c6c(c(-c7ccc8ccccc8c7)c5c4)=CCCC=6)C=N3)C=NC2C=C1. The van der Waals surface area contributed by atoms with Gasteiger partial charge in [0.05, 0.1) is 12.1 Å². The summed E-state index contributed by atoms with van der Waals surface area (Å²) < 4.78 is 0. The van der Waals surface area contributed by atoms with E-state index in [1.165, 1.54) is 81.7 Å². The van der Waals surface area contributed by atoms with Crippen molar-refractivity contribution in [2.75, 3.05) is 0 Å². The molecule has 0 aromatic heterocycles. The lowest BCUT2D eigenvalue weighted by Crippen LogP contribution is -2.31. The van der Waals surface area contributed by atoms with Crippen LogP contribution in [0.5, 0.6) is 0 Å². The van der Waals surface area contributed by atoms with Crippen LogP contribution in [0, 0.1) is 5.92 Å². The van der Waals surface area contributed by atoms with Crippen LogP contribution in [0.2, 0.25) is 0 Å². The highest BCUT2D eigenvalue weighted by atomic mass is 14.8. The average molecular weight is 641 g/mol. The Morgan fingerprint density at radius 2 is 1.16 bits per heavy atom. The summed E-state index contributed by atoms with van der Waals surface area (Å²) >= 11 is 0. The maximum Gasteiger partial charge on any atom is 0.0795 e. The summed E-state index contributed by atoms with van der Waals surface area (Å²) in [6.45, 7) is 0. The molecule has 0 N–H and O–H groups in total. The Morgan fingerprint density at radius 3 is 1.84 bits per heavy atom. The molecule has 2 aliphatic heterocycles. The zero-order valence-electron chi connectivity index (χ0n) is 27.8. The fraction of sp³-hybridized carbons (Fsp3) is 0.125. The van der Waals surface area contributed by atoms with Gasteiger partial charge in [0.2, 0.25) is 0 Å². The van der Waals surface area contributed by atoms with E-state index in [1.807, 2.05) is 6.21 Å². The predicted octanol–water partition coefficient (Wildman–Crippen LogP) is 10.2. The number of hydrogen-bond acceptors (Lipinski definition) is 2. The molecule has 0 bridgehead atoms. The van der Waals surface area contributed by atoms with Crippen LogP contribution in [-0.2, 0) is 0 Å². The maximum absolute atomic E-state index is 5.10. The molecule has 2 heterocycles. The van der Waals surface area contributed by atoms with E-state index in [2.05, 4.69) is 158 Å². The smallest absolute Gasteiger partial charge is 0.0795 e. The van der Waals surface area contributed by atoms with E-state index in [9.17, 15) is 0 Å². The van der Waals surface area contributed by atoms with Gasteiger partial charge in [0.1, 0.15) is 0 Å². The van der Waals surface area contributed by atoms with Crippen molar-refractivity contribution < 1.29 is 0 Å². The predicted molar refractivity (Wildman–Crippen MR) is 214 cm³/mol. The first kappa shape index (κ1) is 29.1. The van der Waals surface area contributed by atoms with Crippen LogP contribution in [0.1, 0.15) is 24.8 Å². The zero-order valence-corrected chi connectivity index (χ0v) is 27.8. The highest BCUT2D eigenvalue weighted by Gasteiger charge is 2.24. The van der Waals surface area contributed by atoms with Crippen molar-refractivity contribution in [3.63, 3.8) is 0 Å². The second-order valence-corrected chi connectivity index (χ2v) is 13.9. The molecule has 2 heteroatoms. The van der Waals surface area contributed by atoms with Gasteiger partial charge in [-0.1, -0.05) is 134 Å². The number of hydrogen-bond donors (Lipinski definition) is 0. The molecular formula is C48H36N2. The number of rotatable bonds is 4. The Hall–Kier alpha value is -5.86. The summed E-state index contributed by atoms with van der Waals surface area (Å²) in [5, 5.41) is 10.3. The number of aliphatic imine (C=N–C) groups is 2. The molecule has 2 nitrogen and oxygen atoms in total. The lowest BCUT2D eigenvalue weighted by atomic mass is 9.84. The van der Waals surface area contributed by atoms with E-state index >= 15 is 0 Å². The maximum atomic E-state index is 5.10. The fourth-order valence-electron chi connectivity index (χ4n) is 8.39. The topological polar surface area (TPSA) is 24.7 Å². The summed E-state index contributed by atoms with van der Waals surface area (Å²) in [6, 6.07) is 38.7. The molecule has 2 aliphatic carbocycles. The van der Waals surface area contributed by atoms with E-state index in [-0.39, 0.29) is 12.1 Å². The largest absolute Gasteiger partial charge is 0.284 e.